The van der Waals surface area contributed by atoms with Gasteiger partial charge in [0.15, 0.2) is 0 Å². The van der Waals surface area contributed by atoms with E-state index in [4.69, 9.17) is 5.11 Å². The fourth-order valence-electron chi connectivity index (χ4n) is 1.90. The average Bonchev–Trinajstić information content (AvgIpc) is 2.43. The smallest absolute Gasteiger partial charge is 0.303 e. The Morgan fingerprint density at radius 1 is 0.800 bits per heavy atom. The molecule has 0 aromatic rings. The largest absolute Gasteiger partial charge is 0.481 e. The SMILES string of the molecule is CC/C=C\C/C=C\C/C=C/CCCCCCCC(=O)O. The van der Waals surface area contributed by atoms with E-state index in [1.54, 1.807) is 0 Å². The summed E-state index contributed by atoms with van der Waals surface area (Å²) in [5.74, 6) is -0.675. The summed E-state index contributed by atoms with van der Waals surface area (Å²) in [6, 6.07) is 0. The van der Waals surface area contributed by atoms with Crippen LogP contribution in [0.3, 0.4) is 0 Å². The highest BCUT2D eigenvalue weighted by molar-refractivity contribution is 5.66. The Bertz CT molecular complexity index is 301. The highest BCUT2D eigenvalue weighted by Gasteiger charge is 1.95. The van der Waals surface area contributed by atoms with Gasteiger partial charge >= 0.3 is 5.97 Å². The molecule has 0 fully saturated rings. The molecule has 20 heavy (non-hydrogen) atoms. The molecule has 0 aliphatic carbocycles. The molecular formula is C18H30O2. The standard InChI is InChI=1S/C18H30O2/c1-2-3-4-5-6-7-8-9-10-11-12-13-14-15-16-17-18(19)20/h3-4,6-7,9-10H,2,5,8,11-17H2,1H3,(H,19,20)/b4-3-,7-6-,10-9+. The second-order valence-electron chi connectivity index (χ2n) is 4.99. The molecule has 0 rings (SSSR count). The molecule has 0 spiro atoms. The van der Waals surface area contributed by atoms with Crippen LogP contribution in [0.2, 0.25) is 0 Å². The van der Waals surface area contributed by atoms with Crippen molar-refractivity contribution in [1.82, 2.24) is 0 Å². The predicted octanol–water partition coefficient (Wildman–Crippen LogP) is 5.66. The van der Waals surface area contributed by atoms with Gasteiger partial charge in [-0.2, -0.15) is 0 Å². The molecule has 0 aromatic carbocycles. The third kappa shape index (κ3) is 16.7. The van der Waals surface area contributed by atoms with Crippen LogP contribution >= 0.6 is 0 Å². The molecule has 0 heterocycles. The van der Waals surface area contributed by atoms with E-state index in [-0.39, 0.29) is 0 Å². The molecule has 2 heteroatoms. The highest BCUT2D eigenvalue weighted by atomic mass is 16.4. The first-order valence-electron chi connectivity index (χ1n) is 7.94. The van der Waals surface area contributed by atoms with E-state index >= 15 is 0 Å². The van der Waals surface area contributed by atoms with E-state index in [1.807, 2.05) is 0 Å². The third-order valence-electron chi connectivity index (χ3n) is 3.04. The van der Waals surface area contributed by atoms with Crippen LogP contribution in [0.4, 0.5) is 0 Å². The second kappa shape index (κ2) is 15.7. The lowest BCUT2D eigenvalue weighted by molar-refractivity contribution is -0.137. The Hall–Kier alpha value is -1.31. The van der Waals surface area contributed by atoms with Crippen LogP contribution in [-0.4, -0.2) is 11.1 Å². The first kappa shape index (κ1) is 18.7. The molecule has 0 saturated heterocycles. The molecule has 0 aliphatic heterocycles. The van der Waals surface area contributed by atoms with E-state index < -0.39 is 5.97 Å². The Balaban J connectivity index is 3.23. The lowest BCUT2D eigenvalue weighted by Crippen LogP contribution is -1.93. The van der Waals surface area contributed by atoms with Crippen molar-refractivity contribution in [3.63, 3.8) is 0 Å². The molecule has 0 bridgehead atoms. The van der Waals surface area contributed by atoms with Gasteiger partial charge in [-0.3, -0.25) is 4.79 Å². The molecule has 0 aromatic heterocycles. The van der Waals surface area contributed by atoms with Gasteiger partial charge in [0.2, 0.25) is 0 Å². The van der Waals surface area contributed by atoms with Crippen LogP contribution in [0.15, 0.2) is 36.5 Å². The number of unbranched alkanes of at least 4 members (excludes halogenated alkanes) is 5. The van der Waals surface area contributed by atoms with Crippen LogP contribution in [0.1, 0.15) is 71.1 Å². The maximum absolute atomic E-state index is 10.3. The Kier molecular flexibility index (Phi) is 14.7. The Morgan fingerprint density at radius 3 is 2.00 bits per heavy atom. The molecule has 0 atom stereocenters. The maximum atomic E-state index is 10.3. The van der Waals surface area contributed by atoms with Crippen molar-refractivity contribution < 1.29 is 9.90 Å². The number of aliphatic carboxylic acids is 1. The molecule has 114 valence electrons. The third-order valence-corrected chi connectivity index (χ3v) is 3.04. The molecule has 0 aliphatic rings. The molecule has 0 radical (unpaired) electrons. The van der Waals surface area contributed by atoms with Crippen LogP contribution in [0, 0.1) is 0 Å². The minimum Gasteiger partial charge on any atom is -0.481 e. The van der Waals surface area contributed by atoms with Crippen molar-refractivity contribution >= 4 is 5.97 Å². The molecule has 0 saturated carbocycles. The van der Waals surface area contributed by atoms with Gasteiger partial charge in [-0.1, -0.05) is 62.6 Å². The summed E-state index contributed by atoms with van der Waals surface area (Å²) in [5.41, 5.74) is 0. The minimum absolute atomic E-state index is 0.319. The van der Waals surface area contributed by atoms with E-state index in [2.05, 4.69) is 43.4 Å². The van der Waals surface area contributed by atoms with Crippen molar-refractivity contribution in [3.8, 4) is 0 Å². The summed E-state index contributed by atoms with van der Waals surface area (Å²) in [4.78, 5) is 10.3. The lowest BCUT2D eigenvalue weighted by atomic mass is 10.1. The average molecular weight is 278 g/mol. The predicted molar refractivity (Wildman–Crippen MR) is 86.9 cm³/mol. The summed E-state index contributed by atoms with van der Waals surface area (Å²) < 4.78 is 0. The first-order valence-corrected chi connectivity index (χ1v) is 7.94. The van der Waals surface area contributed by atoms with Crippen molar-refractivity contribution in [1.29, 1.82) is 0 Å². The summed E-state index contributed by atoms with van der Waals surface area (Å²) in [6.07, 6.45) is 23.4. The zero-order valence-electron chi connectivity index (χ0n) is 12.9. The monoisotopic (exact) mass is 278 g/mol. The molecule has 0 amide bonds. The zero-order chi connectivity index (χ0) is 14.9. The topological polar surface area (TPSA) is 37.3 Å². The van der Waals surface area contributed by atoms with Crippen molar-refractivity contribution in [3.05, 3.63) is 36.5 Å². The van der Waals surface area contributed by atoms with Gasteiger partial charge < -0.3 is 5.11 Å². The summed E-state index contributed by atoms with van der Waals surface area (Å²) in [7, 11) is 0. The van der Waals surface area contributed by atoms with E-state index in [0.717, 1.165) is 44.9 Å². The number of carboxylic acid groups (broad SMARTS) is 1. The highest BCUT2D eigenvalue weighted by Crippen LogP contribution is 2.07. The number of rotatable bonds is 13. The fourth-order valence-corrected chi connectivity index (χ4v) is 1.90. The summed E-state index contributed by atoms with van der Waals surface area (Å²) in [5, 5.41) is 8.50. The Labute approximate surface area is 124 Å². The molecule has 1 N–H and O–H groups in total. The lowest BCUT2D eigenvalue weighted by Gasteiger charge is -1.98. The van der Waals surface area contributed by atoms with Crippen molar-refractivity contribution in [2.75, 3.05) is 0 Å². The number of carboxylic acids is 1. The van der Waals surface area contributed by atoms with Gasteiger partial charge in [0.1, 0.15) is 0 Å². The van der Waals surface area contributed by atoms with Crippen molar-refractivity contribution in [2.45, 2.75) is 71.1 Å². The normalized spacial score (nSPS) is 12.1. The van der Waals surface area contributed by atoms with Crippen LogP contribution < -0.4 is 0 Å². The van der Waals surface area contributed by atoms with E-state index in [0.29, 0.717) is 6.42 Å². The van der Waals surface area contributed by atoms with Gasteiger partial charge in [0.05, 0.1) is 0 Å². The summed E-state index contributed by atoms with van der Waals surface area (Å²) in [6.45, 7) is 2.15. The van der Waals surface area contributed by atoms with Gasteiger partial charge in [0.25, 0.3) is 0 Å². The number of allylic oxidation sites excluding steroid dienone is 6. The van der Waals surface area contributed by atoms with Gasteiger partial charge in [-0.05, 0) is 38.5 Å². The number of carbonyl (C=O) groups is 1. The van der Waals surface area contributed by atoms with Crippen molar-refractivity contribution in [2.24, 2.45) is 0 Å². The molecule has 0 unspecified atom stereocenters. The Morgan fingerprint density at radius 2 is 1.35 bits per heavy atom. The maximum Gasteiger partial charge on any atom is 0.303 e. The molecule has 2 nitrogen and oxygen atoms in total. The zero-order valence-corrected chi connectivity index (χ0v) is 12.9. The van der Waals surface area contributed by atoms with Gasteiger partial charge in [-0.25, -0.2) is 0 Å². The number of hydrogen-bond acceptors (Lipinski definition) is 1. The molecular weight excluding hydrogens is 248 g/mol. The van der Waals surface area contributed by atoms with E-state index in [1.165, 1.54) is 12.8 Å². The minimum atomic E-state index is -0.675. The summed E-state index contributed by atoms with van der Waals surface area (Å²) >= 11 is 0. The first-order chi connectivity index (χ1) is 9.77. The van der Waals surface area contributed by atoms with E-state index in [9.17, 15) is 4.79 Å². The fraction of sp³-hybridized carbons (Fsp3) is 0.611. The van der Waals surface area contributed by atoms with Crippen LogP contribution in [-0.2, 0) is 4.79 Å². The van der Waals surface area contributed by atoms with Gasteiger partial charge in [-0.15, -0.1) is 0 Å². The van der Waals surface area contributed by atoms with Crippen LogP contribution in [0.25, 0.3) is 0 Å². The van der Waals surface area contributed by atoms with Gasteiger partial charge in [0, 0.05) is 6.42 Å². The van der Waals surface area contributed by atoms with Crippen LogP contribution in [0.5, 0.6) is 0 Å². The quantitative estimate of drug-likeness (QED) is 0.348. The second-order valence-corrected chi connectivity index (χ2v) is 4.99. The number of hydrogen-bond donors (Lipinski definition) is 1.